The molecule has 3 rings (SSSR count). The minimum absolute atomic E-state index is 0.304. The molecule has 0 atom stereocenters. The molecule has 19 heavy (non-hydrogen) atoms. The average Bonchev–Trinajstić information content (AvgIpc) is 2.71. The Kier molecular flexibility index (Phi) is 2.63. The van der Waals surface area contributed by atoms with Crippen LogP contribution >= 0.6 is 0 Å². The second-order valence-electron chi connectivity index (χ2n) is 4.17. The Morgan fingerprint density at radius 3 is 2.63 bits per heavy atom. The number of aromatic amines is 1. The third-order valence-electron chi connectivity index (χ3n) is 2.78. The van der Waals surface area contributed by atoms with Crippen LogP contribution in [0.4, 0.5) is 20.3 Å². The van der Waals surface area contributed by atoms with Crippen molar-refractivity contribution in [2.75, 3.05) is 5.32 Å². The Labute approximate surface area is 107 Å². The van der Waals surface area contributed by atoms with E-state index in [1.54, 1.807) is 12.3 Å². The smallest absolute Gasteiger partial charge is 0.141 e. The first-order valence-corrected chi connectivity index (χ1v) is 5.66. The van der Waals surface area contributed by atoms with Gasteiger partial charge in [0.1, 0.15) is 17.5 Å². The number of fused-ring (bicyclic) bond motifs is 1. The number of aryl methyl sites for hydroxylation is 1. The van der Waals surface area contributed by atoms with Gasteiger partial charge >= 0.3 is 0 Å². The summed E-state index contributed by atoms with van der Waals surface area (Å²) < 4.78 is 26.3. The van der Waals surface area contributed by atoms with Crippen LogP contribution in [0.5, 0.6) is 0 Å². The molecule has 0 aliphatic heterocycles. The molecule has 2 N–H and O–H groups in total. The van der Waals surface area contributed by atoms with Gasteiger partial charge in [0.05, 0.1) is 16.6 Å². The molecule has 0 spiro atoms. The third kappa shape index (κ3) is 2.12. The van der Waals surface area contributed by atoms with Crippen molar-refractivity contribution in [1.29, 1.82) is 0 Å². The molecule has 4 nitrogen and oxygen atoms in total. The van der Waals surface area contributed by atoms with Gasteiger partial charge in [-0.25, -0.2) is 13.8 Å². The summed E-state index contributed by atoms with van der Waals surface area (Å²) in [5.74, 6) is -0.772. The van der Waals surface area contributed by atoms with Crippen molar-refractivity contribution >= 4 is 22.4 Å². The van der Waals surface area contributed by atoms with Gasteiger partial charge < -0.3 is 5.32 Å². The topological polar surface area (TPSA) is 53.6 Å². The molecule has 6 heteroatoms. The van der Waals surface area contributed by atoms with E-state index in [4.69, 9.17) is 0 Å². The molecule has 0 aliphatic carbocycles. The first kappa shape index (κ1) is 11.6. The number of nitrogens with one attached hydrogen (secondary N) is 2. The first-order chi connectivity index (χ1) is 9.13. The molecule has 1 aromatic carbocycles. The molecule has 3 aromatic rings. The van der Waals surface area contributed by atoms with Crippen molar-refractivity contribution in [3.05, 3.63) is 47.8 Å². The Morgan fingerprint density at radius 2 is 1.89 bits per heavy atom. The summed E-state index contributed by atoms with van der Waals surface area (Å²) in [5, 5.41) is 10.6. The Hall–Kier alpha value is -2.50. The molecule has 0 amide bonds. The molecule has 0 aliphatic rings. The van der Waals surface area contributed by atoms with Gasteiger partial charge in [0.15, 0.2) is 0 Å². The van der Waals surface area contributed by atoms with E-state index in [0.29, 0.717) is 11.5 Å². The van der Waals surface area contributed by atoms with E-state index in [-0.39, 0.29) is 0 Å². The second kappa shape index (κ2) is 4.31. The minimum atomic E-state index is -0.640. The summed E-state index contributed by atoms with van der Waals surface area (Å²) in [5.41, 5.74) is 1.88. The summed E-state index contributed by atoms with van der Waals surface area (Å²) in [7, 11) is 0. The van der Waals surface area contributed by atoms with Crippen molar-refractivity contribution in [3.63, 3.8) is 0 Å². The maximum Gasteiger partial charge on any atom is 0.141 e. The van der Waals surface area contributed by atoms with Gasteiger partial charge in [-0.2, -0.15) is 5.10 Å². The van der Waals surface area contributed by atoms with Crippen molar-refractivity contribution in [2.45, 2.75) is 6.92 Å². The van der Waals surface area contributed by atoms with E-state index >= 15 is 0 Å². The summed E-state index contributed by atoms with van der Waals surface area (Å²) >= 11 is 0. The van der Waals surface area contributed by atoms with Crippen LogP contribution in [-0.4, -0.2) is 15.2 Å². The van der Waals surface area contributed by atoms with Crippen LogP contribution in [0.3, 0.4) is 0 Å². The molecule has 96 valence electrons. The van der Waals surface area contributed by atoms with Crippen molar-refractivity contribution in [1.82, 2.24) is 15.2 Å². The quantitative estimate of drug-likeness (QED) is 0.743. The molecular formula is C13H10F2N4. The van der Waals surface area contributed by atoms with E-state index in [9.17, 15) is 8.78 Å². The van der Waals surface area contributed by atoms with Gasteiger partial charge in [0.25, 0.3) is 0 Å². The molecule has 0 bridgehead atoms. The van der Waals surface area contributed by atoms with E-state index in [1.165, 1.54) is 12.1 Å². The number of anilines is 2. The predicted octanol–water partition coefficient (Wildman–Crippen LogP) is 3.29. The van der Waals surface area contributed by atoms with Crippen LogP contribution in [0.15, 0.2) is 30.5 Å². The SMILES string of the molecule is Cc1n[nH]c2ccnc(Nc3cc(F)cc(F)c3)c12. The number of pyridine rings is 1. The molecule has 0 saturated carbocycles. The molecule has 0 radical (unpaired) electrons. The molecule has 2 aromatic heterocycles. The maximum absolute atomic E-state index is 13.1. The fourth-order valence-electron chi connectivity index (χ4n) is 1.98. The van der Waals surface area contributed by atoms with Crippen LogP contribution in [0, 0.1) is 18.6 Å². The molecule has 2 heterocycles. The maximum atomic E-state index is 13.1. The number of hydrogen-bond donors (Lipinski definition) is 2. The Balaban J connectivity index is 2.08. The lowest BCUT2D eigenvalue weighted by Crippen LogP contribution is -1.96. The fraction of sp³-hybridized carbons (Fsp3) is 0.0769. The van der Waals surface area contributed by atoms with Gasteiger partial charge in [0, 0.05) is 18.0 Å². The van der Waals surface area contributed by atoms with Gasteiger partial charge in [-0.3, -0.25) is 5.10 Å². The Bertz CT molecular complexity index is 731. The molecule has 0 fully saturated rings. The lowest BCUT2D eigenvalue weighted by molar-refractivity contribution is 0.584. The molecular weight excluding hydrogens is 250 g/mol. The second-order valence-corrected chi connectivity index (χ2v) is 4.17. The van der Waals surface area contributed by atoms with Gasteiger partial charge in [-0.1, -0.05) is 0 Å². The highest BCUT2D eigenvalue weighted by molar-refractivity contribution is 5.92. The zero-order valence-corrected chi connectivity index (χ0v) is 10.0. The van der Waals surface area contributed by atoms with E-state index in [0.717, 1.165) is 22.7 Å². The fourth-order valence-corrected chi connectivity index (χ4v) is 1.98. The monoisotopic (exact) mass is 260 g/mol. The molecule has 0 unspecified atom stereocenters. The highest BCUT2D eigenvalue weighted by Crippen LogP contribution is 2.26. The van der Waals surface area contributed by atoms with Crippen molar-refractivity contribution in [3.8, 4) is 0 Å². The standard InChI is InChI=1S/C13H10F2N4/c1-7-12-11(19-18-7)2-3-16-13(12)17-10-5-8(14)4-9(15)6-10/h2-6H,1H3,(H,16,17)(H,18,19). The van der Waals surface area contributed by atoms with E-state index in [1.807, 2.05) is 6.92 Å². The van der Waals surface area contributed by atoms with Crippen LogP contribution in [0.25, 0.3) is 10.9 Å². The molecule has 0 saturated heterocycles. The van der Waals surface area contributed by atoms with Crippen molar-refractivity contribution < 1.29 is 8.78 Å². The lowest BCUT2D eigenvalue weighted by Gasteiger charge is -2.07. The van der Waals surface area contributed by atoms with E-state index < -0.39 is 11.6 Å². The van der Waals surface area contributed by atoms with Gasteiger partial charge in [0.2, 0.25) is 0 Å². The zero-order valence-electron chi connectivity index (χ0n) is 10.0. The van der Waals surface area contributed by atoms with Crippen LogP contribution in [0.1, 0.15) is 5.69 Å². The number of H-pyrrole nitrogens is 1. The summed E-state index contributed by atoms with van der Waals surface area (Å²) in [6, 6.07) is 5.02. The van der Waals surface area contributed by atoms with Crippen LogP contribution in [0.2, 0.25) is 0 Å². The van der Waals surface area contributed by atoms with Crippen LogP contribution in [-0.2, 0) is 0 Å². The lowest BCUT2D eigenvalue weighted by atomic mass is 10.2. The third-order valence-corrected chi connectivity index (χ3v) is 2.78. The van der Waals surface area contributed by atoms with E-state index in [2.05, 4.69) is 20.5 Å². The largest absolute Gasteiger partial charge is 0.339 e. The minimum Gasteiger partial charge on any atom is -0.339 e. The number of nitrogens with zero attached hydrogens (tertiary/aromatic N) is 2. The van der Waals surface area contributed by atoms with Crippen molar-refractivity contribution in [2.24, 2.45) is 0 Å². The highest BCUT2D eigenvalue weighted by Gasteiger charge is 2.09. The number of aromatic nitrogens is 3. The summed E-state index contributed by atoms with van der Waals surface area (Å²) in [4.78, 5) is 4.18. The Morgan fingerprint density at radius 1 is 1.16 bits per heavy atom. The average molecular weight is 260 g/mol. The predicted molar refractivity (Wildman–Crippen MR) is 68.3 cm³/mol. The number of hydrogen-bond acceptors (Lipinski definition) is 3. The number of rotatable bonds is 2. The first-order valence-electron chi connectivity index (χ1n) is 5.66. The van der Waals surface area contributed by atoms with Gasteiger partial charge in [-0.15, -0.1) is 0 Å². The summed E-state index contributed by atoms with van der Waals surface area (Å²) in [6.07, 6.45) is 1.60. The van der Waals surface area contributed by atoms with Crippen LogP contribution < -0.4 is 5.32 Å². The summed E-state index contributed by atoms with van der Waals surface area (Å²) in [6.45, 7) is 1.83. The highest BCUT2D eigenvalue weighted by atomic mass is 19.1. The zero-order chi connectivity index (χ0) is 13.4. The normalized spacial score (nSPS) is 10.9. The number of benzene rings is 1. The number of halogens is 2. The van der Waals surface area contributed by atoms with Gasteiger partial charge in [-0.05, 0) is 25.1 Å².